The van der Waals surface area contributed by atoms with Crippen LogP contribution in [0.1, 0.15) is 44.9 Å². The Hall–Kier alpha value is -0.470. The highest BCUT2D eigenvalue weighted by atomic mass is 32.2. The number of benzene rings is 1. The number of hydrogen-bond donors (Lipinski definition) is 1. The van der Waals surface area contributed by atoms with E-state index in [-0.39, 0.29) is 0 Å². The zero-order chi connectivity index (χ0) is 12.7. The molecule has 0 amide bonds. The highest BCUT2D eigenvalue weighted by molar-refractivity contribution is 7.99. The standard InChI is InChI=1S/C15H25NS/c1-5-13-7-9-14(10-8-13)15(16-6-2)11-17-12(3)4/h7-10,12,15-16H,5-6,11H2,1-4H3. The Bertz CT molecular complexity index is 305. The molecule has 0 aromatic heterocycles. The molecule has 0 spiro atoms. The minimum atomic E-state index is 0.485. The fourth-order valence-electron chi connectivity index (χ4n) is 1.79. The zero-order valence-corrected chi connectivity index (χ0v) is 12.3. The predicted molar refractivity (Wildman–Crippen MR) is 79.8 cm³/mol. The monoisotopic (exact) mass is 251 g/mol. The van der Waals surface area contributed by atoms with Gasteiger partial charge in [-0.15, -0.1) is 0 Å². The van der Waals surface area contributed by atoms with Crippen LogP contribution in [0, 0.1) is 0 Å². The molecule has 1 aromatic carbocycles. The van der Waals surface area contributed by atoms with Gasteiger partial charge in [0.15, 0.2) is 0 Å². The van der Waals surface area contributed by atoms with Crippen LogP contribution in [0.15, 0.2) is 24.3 Å². The summed E-state index contributed by atoms with van der Waals surface area (Å²) < 4.78 is 0. The van der Waals surface area contributed by atoms with Gasteiger partial charge < -0.3 is 5.32 Å². The fourth-order valence-corrected chi connectivity index (χ4v) is 2.68. The third kappa shape index (κ3) is 5.13. The molecule has 0 saturated heterocycles. The molecule has 1 unspecified atom stereocenters. The third-order valence-electron chi connectivity index (χ3n) is 2.84. The highest BCUT2D eigenvalue weighted by Gasteiger charge is 2.10. The van der Waals surface area contributed by atoms with Crippen molar-refractivity contribution in [1.82, 2.24) is 5.32 Å². The van der Waals surface area contributed by atoms with E-state index in [1.807, 2.05) is 11.8 Å². The Morgan fingerprint density at radius 3 is 2.24 bits per heavy atom. The SMILES string of the molecule is CCNC(CSC(C)C)c1ccc(CC)cc1. The Balaban J connectivity index is 2.67. The molecule has 1 N–H and O–H groups in total. The summed E-state index contributed by atoms with van der Waals surface area (Å²) in [6, 6.07) is 9.53. The summed E-state index contributed by atoms with van der Waals surface area (Å²) in [5.74, 6) is 1.15. The van der Waals surface area contributed by atoms with Crippen molar-refractivity contribution in [3.63, 3.8) is 0 Å². The molecule has 1 atom stereocenters. The Labute approximate surface area is 110 Å². The normalized spacial score (nSPS) is 13.0. The number of nitrogens with one attached hydrogen (secondary N) is 1. The van der Waals surface area contributed by atoms with Gasteiger partial charge in [0.25, 0.3) is 0 Å². The van der Waals surface area contributed by atoms with Crippen LogP contribution in [0.2, 0.25) is 0 Å². The third-order valence-corrected chi connectivity index (χ3v) is 4.03. The molecule has 0 aliphatic carbocycles. The number of hydrogen-bond acceptors (Lipinski definition) is 2. The van der Waals surface area contributed by atoms with Gasteiger partial charge in [0, 0.05) is 11.8 Å². The van der Waals surface area contributed by atoms with E-state index in [1.165, 1.54) is 11.1 Å². The summed E-state index contributed by atoms with van der Waals surface area (Å²) in [5, 5.41) is 4.27. The molecule has 0 heterocycles. The van der Waals surface area contributed by atoms with Crippen molar-refractivity contribution >= 4 is 11.8 Å². The molecule has 2 heteroatoms. The zero-order valence-electron chi connectivity index (χ0n) is 11.5. The van der Waals surface area contributed by atoms with Gasteiger partial charge in [0.1, 0.15) is 0 Å². The smallest absolute Gasteiger partial charge is 0.0411 e. The molecule has 1 rings (SSSR count). The quantitative estimate of drug-likeness (QED) is 0.785. The van der Waals surface area contributed by atoms with Gasteiger partial charge >= 0.3 is 0 Å². The van der Waals surface area contributed by atoms with Crippen molar-refractivity contribution in [2.75, 3.05) is 12.3 Å². The summed E-state index contributed by atoms with van der Waals surface area (Å²) in [4.78, 5) is 0. The lowest BCUT2D eigenvalue weighted by molar-refractivity contribution is 0.605. The van der Waals surface area contributed by atoms with Gasteiger partial charge in [-0.1, -0.05) is 52.0 Å². The molecule has 1 nitrogen and oxygen atoms in total. The van der Waals surface area contributed by atoms with Gasteiger partial charge in [-0.25, -0.2) is 0 Å². The van der Waals surface area contributed by atoms with E-state index in [1.54, 1.807) is 0 Å². The minimum absolute atomic E-state index is 0.485. The highest BCUT2D eigenvalue weighted by Crippen LogP contribution is 2.21. The van der Waals surface area contributed by atoms with E-state index < -0.39 is 0 Å². The van der Waals surface area contributed by atoms with Crippen LogP contribution < -0.4 is 5.32 Å². The van der Waals surface area contributed by atoms with Crippen LogP contribution in [-0.2, 0) is 6.42 Å². The number of rotatable bonds is 7. The first-order valence-electron chi connectivity index (χ1n) is 6.61. The molecular weight excluding hydrogens is 226 g/mol. The lowest BCUT2D eigenvalue weighted by Gasteiger charge is -2.19. The van der Waals surface area contributed by atoms with Gasteiger partial charge in [-0.05, 0) is 29.3 Å². The van der Waals surface area contributed by atoms with Crippen LogP contribution in [-0.4, -0.2) is 17.5 Å². The molecule has 0 saturated carbocycles. The maximum absolute atomic E-state index is 3.57. The Morgan fingerprint density at radius 1 is 1.12 bits per heavy atom. The maximum Gasteiger partial charge on any atom is 0.0411 e. The number of thioether (sulfide) groups is 1. The molecule has 0 bridgehead atoms. The molecule has 0 aliphatic rings. The summed E-state index contributed by atoms with van der Waals surface area (Å²) in [6.45, 7) is 9.92. The minimum Gasteiger partial charge on any atom is -0.310 e. The van der Waals surface area contributed by atoms with Gasteiger partial charge in [0.05, 0.1) is 0 Å². The molecule has 0 radical (unpaired) electrons. The topological polar surface area (TPSA) is 12.0 Å². The summed E-state index contributed by atoms with van der Waals surface area (Å²) in [6.07, 6.45) is 1.12. The molecule has 1 aromatic rings. The molecule has 0 fully saturated rings. The van der Waals surface area contributed by atoms with E-state index in [4.69, 9.17) is 0 Å². The Kier molecular flexibility index (Phi) is 6.68. The van der Waals surface area contributed by atoms with Crippen LogP contribution >= 0.6 is 11.8 Å². The first kappa shape index (κ1) is 14.6. The van der Waals surface area contributed by atoms with Crippen LogP contribution in [0.5, 0.6) is 0 Å². The van der Waals surface area contributed by atoms with E-state index in [2.05, 4.69) is 57.3 Å². The lowest BCUT2D eigenvalue weighted by atomic mass is 10.1. The van der Waals surface area contributed by atoms with Crippen molar-refractivity contribution in [3.05, 3.63) is 35.4 Å². The van der Waals surface area contributed by atoms with Crippen LogP contribution in [0.3, 0.4) is 0 Å². The molecule has 0 aliphatic heterocycles. The van der Waals surface area contributed by atoms with Crippen molar-refractivity contribution < 1.29 is 0 Å². The van der Waals surface area contributed by atoms with Gasteiger partial charge in [0.2, 0.25) is 0 Å². The fraction of sp³-hybridized carbons (Fsp3) is 0.600. The average molecular weight is 251 g/mol. The van der Waals surface area contributed by atoms with Crippen molar-refractivity contribution in [2.45, 2.75) is 45.4 Å². The lowest BCUT2D eigenvalue weighted by Crippen LogP contribution is -2.23. The van der Waals surface area contributed by atoms with Crippen molar-refractivity contribution in [2.24, 2.45) is 0 Å². The number of aryl methyl sites for hydroxylation is 1. The average Bonchev–Trinajstić information content (AvgIpc) is 2.34. The second-order valence-corrected chi connectivity index (χ2v) is 6.20. The summed E-state index contributed by atoms with van der Waals surface area (Å²) in [5.41, 5.74) is 2.83. The van der Waals surface area contributed by atoms with Gasteiger partial charge in [-0.3, -0.25) is 0 Å². The van der Waals surface area contributed by atoms with Crippen LogP contribution in [0.4, 0.5) is 0 Å². The first-order valence-corrected chi connectivity index (χ1v) is 7.66. The van der Waals surface area contributed by atoms with Gasteiger partial charge in [-0.2, -0.15) is 11.8 Å². The molecule has 17 heavy (non-hydrogen) atoms. The molecule has 96 valence electrons. The van der Waals surface area contributed by atoms with E-state index in [0.717, 1.165) is 18.7 Å². The van der Waals surface area contributed by atoms with Crippen molar-refractivity contribution in [3.8, 4) is 0 Å². The van der Waals surface area contributed by atoms with E-state index >= 15 is 0 Å². The predicted octanol–water partition coefficient (Wildman–Crippen LogP) is 4.04. The summed E-state index contributed by atoms with van der Waals surface area (Å²) >= 11 is 2.02. The second kappa shape index (κ2) is 7.78. The molecular formula is C15H25NS. The van der Waals surface area contributed by atoms with Crippen LogP contribution in [0.25, 0.3) is 0 Å². The maximum atomic E-state index is 3.57. The largest absolute Gasteiger partial charge is 0.310 e. The van der Waals surface area contributed by atoms with Crippen molar-refractivity contribution in [1.29, 1.82) is 0 Å². The first-order chi connectivity index (χ1) is 8.17. The van der Waals surface area contributed by atoms with E-state index in [0.29, 0.717) is 11.3 Å². The summed E-state index contributed by atoms with van der Waals surface area (Å²) in [7, 11) is 0. The van der Waals surface area contributed by atoms with E-state index in [9.17, 15) is 0 Å². The second-order valence-electron chi connectivity index (χ2n) is 4.59. The Morgan fingerprint density at radius 2 is 1.76 bits per heavy atom.